The van der Waals surface area contributed by atoms with E-state index in [9.17, 15) is 4.79 Å². The first-order valence-electron chi connectivity index (χ1n) is 4.35. The molecule has 2 aromatic rings. The molecule has 1 N–H and O–H groups in total. The van der Waals surface area contributed by atoms with Gasteiger partial charge >= 0.3 is 5.97 Å². The molecule has 86 valence electrons. The number of nitrogens with one attached hydrogen (secondary N) is 1. The van der Waals surface area contributed by atoms with Gasteiger partial charge in [0.05, 0.1) is 31.5 Å². The van der Waals surface area contributed by atoms with Gasteiger partial charge < -0.3 is 9.47 Å². The van der Waals surface area contributed by atoms with E-state index >= 15 is 0 Å². The summed E-state index contributed by atoms with van der Waals surface area (Å²) in [5.74, 6) is 0.187. The Bertz CT molecular complexity index is 510. The lowest BCUT2D eigenvalue weighted by Gasteiger charge is -2.04. The van der Waals surface area contributed by atoms with Crippen molar-refractivity contribution < 1.29 is 14.3 Å². The summed E-state index contributed by atoms with van der Waals surface area (Å²) in [5.41, 5.74) is 1.08. The van der Waals surface area contributed by atoms with Crippen LogP contribution >= 0.6 is 12.4 Å². The summed E-state index contributed by atoms with van der Waals surface area (Å²) in [6, 6.07) is 3.41. The molecule has 0 bridgehead atoms. The summed E-state index contributed by atoms with van der Waals surface area (Å²) in [4.78, 5) is 11.5. The maximum atomic E-state index is 11.5. The van der Waals surface area contributed by atoms with Gasteiger partial charge in [-0.2, -0.15) is 5.10 Å². The number of aromatic amines is 1. The fraction of sp³-hybridized carbons (Fsp3) is 0.200. The lowest BCUT2D eigenvalue weighted by molar-refractivity contribution is 0.0602. The van der Waals surface area contributed by atoms with Gasteiger partial charge in [0.1, 0.15) is 5.75 Å². The number of ether oxygens (including phenoxy) is 2. The second-order valence-electron chi connectivity index (χ2n) is 3.00. The van der Waals surface area contributed by atoms with Gasteiger partial charge in [0, 0.05) is 5.39 Å². The molecule has 0 aliphatic heterocycles. The van der Waals surface area contributed by atoms with Gasteiger partial charge in [-0.15, -0.1) is 12.4 Å². The highest BCUT2D eigenvalue weighted by Gasteiger charge is 2.13. The molecular formula is C10H11ClN2O3. The van der Waals surface area contributed by atoms with Crippen molar-refractivity contribution in [3.8, 4) is 5.75 Å². The largest absolute Gasteiger partial charge is 0.497 e. The number of rotatable bonds is 2. The highest BCUT2D eigenvalue weighted by molar-refractivity contribution is 6.03. The van der Waals surface area contributed by atoms with E-state index in [-0.39, 0.29) is 12.4 Å². The Hall–Kier alpha value is -1.75. The highest BCUT2D eigenvalue weighted by Crippen LogP contribution is 2.23. The van der Waals surface area contributed by atoms with Crippen molar-refractivity contribution in [3.63, 3.8) is 0 Å². The molecule has 0 saturated heterocycles. The van der Waals surface area contributed by atoms with Crippen molar-refractivity contribution in [2.45, 2.75) is 0 Å². The lowest BCUT2D eigenvalue weighted by atomic mass is 10.1. The minimum Gasteiger partial charge on any atom is -0.497 e. The Balaban J connectivity index is 0.00000128. The molecule has 0 aliphatic carbocycles. The molecule has 1 aromatic carbocycles. The quantitative estimate of drug-likeness (QED) is 0.816. The SMILES string of the molecule is COC(=O)c1cc(OC)cc2cn[nH]c12.Cl. The number of halogens is 1. The molecule has 16 heavy (non-hydrogen) atoms. The Kier molecular flexibility index (Phi) is 3.73. The van der Waals surface area contributed by atoms with Gasteiger partial charge in [0.2, 0.25) is 0 Å². The number of fused-ring (bicyclic) bond motifs is 1. The van der Waals surface area contributed by atoms with Crippen LogP contribution in [-0.4, -0.2) is 30.4 Å². The van der Waals surface area contributed by atoms with Crippen LogP contribution in [0.3, 0.4) is 0 Å². The summed E-state index contributed by atoms with van der Waals surface area (Å²) in [5, 5.41) is 7.43. The number of benzene rings is 1. The van der Waals surface area contributed by atoms with Crippen LogP contribution in [0.15, 0.2) is 18.3 Å². The third-order valence-electron chi connectivity index (χ3n) is 2.16. The predicted molar refractivity (Wildman–Crippen MR) is 61.2 cm³/mol. The van der Waals surface area contributed by atoms with Gasteiger partial charge in [-0.3, -0.25) is 5.10 Å². The van der Waals surface area contributed by atoms with Crippen LogP contribution in [-0.2, 0) is 4.74 Å². The number of carbonyl (C=O) groups excluding carboxylic acids is 1. The first-order chi connectivity index (χ1) is 7.26. The number of carbonyl (C=O) groups is 1. The number of H-pyrrole nitrogens is 1. The molecule has 0 aliphatic rings. The number of aromatic nitrogens is 2. The fourth-order valence-electron chi connectivity index (χ4n) is 1.42. The van der Waals surface area contributed by atoms with Crippen molar-refractivity contribution in [2.24, 2.45) is 0 Å². The van der Waals surface area contributed by atoms with Crippen LogP contribution in [0.25, 0.3) is 10.9 Å². The Morgan fingerprint density at radius 1 is 1.38 bits per heavy atom. The zero-order valence-electron chi connectivity index (χ0n) is 8.81. The highest BCUT2D eigenvalue weighted by atomic mass is 35.5. The first kappa shape index (κ1) is 12.3. The van der Waals surface area contributed by atoms with Crippen LogP contribution in [0.5, 0.6) is 5.75 Å². The lowest BCUT2D eigenvalue weighted by Crippen LogP contribution is -2.02. The summed E-state index contributed by atoms with van der Waals surface area (Å²) >= 11 is 0. The van der Waals surface area contributed by atoms with E-state index in [2.05, 4.69) is 14.9 Å². The zero-order valence-corrected chi connectivity index (χ0v) is 9.63. The van der Waals surface area contributed by atoms with Crippen molar-refractivity contribution in [1.82, 2.24) is 10.2 Å². The van der Waals surface area contributed by atoms with Crippen molar-refractivity contribution >= 4 is 29.3 Å². The molecule has 0 amide bonds. The van der Waals surface area contributed by atoms with Crippen LogP contribution in [0.2, 0.25) is 0 Å². The second kappa shape index (κ2) is 4.85. The van der Waals surface area contributed by atoms with E-state index in [0.29, 0.717) is 16.8 Å². The number of esters is 1. The van der Waals surface area contributed by atoms with Gasteiger partial charge in [-0.1, -0.05) is 0 Å². The van der Waals surface area contributed by atoms with E-state index in [1.54, 1.807) is 25.4 Å². The average Bonchev–Trinajstić information content (AvgIpc) is 2.74. The van der Waals surface area contributed by atoms with Crippen molar-refractivity contribution in [1.29, 1.82) is 0 Å². The molecule has 0 radical (unpaired) electrons. The Labute approximate surface area is 98.1 Å². The standard InChI is InChI=1S/C10H10N2O3.ClH/c1-14-7-3-6-5-11-12-9(6)8(4-7)10(13)15-2;/h3-5H,1-2H3,(H,11,12);1H. The average molecular weight is 243 g/mol. The minimum atomic E-state index is -0.414. The van der Waals surface area contributed by atoms with Gasteiger partial charge in [0.15, 0.2) is 0 Å². The minimum absolute atomic E-state index is 0. The predicted octanol–water partition coefficient (Wildman–Crippen LogP) is 1.78. The van der Waals surface area contributed by atoms with Crippen LogP contribution in [0.1, 0.15) is 10.4 Å². The number of methoxy groups -OCH3 is 2. The first-order valence-corrected chi connectivity index (χ1v) is 4.35. The molecular weight excluding hydrogens is 232 g/mol. The van der Waals surface area contributed by atoms with E-state index in [4.69, 9.17) is 4.74 Å². The molecule has 0 fully saturated rings. The summed E-state index contributed by atoms with van der Waals surface area (Å²) < 4.78 is 9.75. The monoisotopic (exact) mass is 242 g/mol. The summed E-state index contributed by atoms with van der Waals surface area (Å²) in [6.45, 7) is 0. The maximum Gasteiger partial charge on any atom is 0.340 e. The molecule has 0 unspecified atom stereocenters. The second-order valence-corrected chi connectivity index (χ2v) is 3.00. The normalized spacial score (nSPS) is 9.62. The van der Waals surface area contributed by atoms with Gasteiger partial charge in [-0.25, -0.2) is 4.79 Å². The topological polar surface area (TPSA) is 64.2 Å². The van der Waals surface area contributed by atoms with Crippen LogP contribution < -0.4 is 4.74 Å². The smallest absolute Gasteiger partial charge is 0.340 e. The number of nitrogens with zero attached hydrogens (tertiary/aromatic N) is 1. The molecule has 0 spiro atoms. The third kappa shape index (κ3) is 1.94. The molecule has 0 saturated carbocycles. The van der Waals surface area contributed by atoms with Gasteiger partial charge in [-0.05, 0) is 12.1 Å². The van der Waals surface area contributed by atoms with Crippen molar-refractivity contribution in [3.05, 3.63) is 23.9 Å². The van der Waals surface area contributed by atoms with E-state index in [0.717, 1.165) is 5.39 Å². The molecule has 0 atom stereocenters. The van der Waals surface area contributed by atoms with Crippen molar-refractivity contribution in [2.75, 3.05) is 14.2 Å². The Morgan fingerprint density at radius 3 is 2.75 bits per heavy atom. The molecule has 6 heteroatoms. The maximum absolute atomic E-state index is 11.5. The third-order valence-corrected chi connectivity index (χ3v) is 2.16. The van der Waals surface area contributed by atoms with Crippen LogP contribution in [0.4, 0.5) is 0 Å². The number of hydrogen-bond donors (Lipinski definition) is 1. The molecule has 2 rings (SSSR count). The zero-order chi connectivity index (χ0) is 10.8. The molecule has 1 aromatic heterocycles. The summed E-state index contributed by atoms with van der Waals surface area (Å²) in [7, 11) is 2.88. The molecule has 1 heterocycles. The van der Waals surface area contributed by atoms with Crippen LogP contribution in [0, 0.1) is 0 Å². The van der Waals surface area contributed by atoms with Gasteiger partial charge in [0.25, 0.3) is 0 Å². The van der Waals surface area contributed by atoms with E-state index in [1.807, 2.05) is 0 Å². The number of hydrogen-bond acceptors (Lipinski definition) is 4. The van der Waals surface area contributed by atoms with E-state index in [1.165, 1.54) is 7.11 Å². The summed E-state index contributed by atoms with van der Waals surface area (Å²) in [6.07, 6.45) is 1.63. The fourth-order valence-corrected chi connectivity index (χ4v) is 1.42. The van der Waals surface area contributed by atoms with E-state index < -0.39 is 5.97 Å². The molecule has 5 nitrogen and oxygen atoms in total. The Morgan fingerprint density at radius 2 is 2.12 bits per heavy atom.